The summed E-state index contributed by atoms with van der Waals surface area (Å²) in [6, 6.07) is 2.13. The SMILES string of the molecule is O=C(N=NC(=O)N1CCCCC1c1ccc(F)c(F)c1)N1CCCCC1. The third kappa shape index (κ3) is 4.23. The number of halogens is 2. The summed E-state index contributed by atoms with van der Waals surface area (Å²) < 4.78 is 26.7. The number of carbonyl (C=O) groups excluding carboxylic acids is 2. The largest absolute Gasteiger partial charge is 0.362 e. The highest BCUT2D eigenvalue weighted by atomic mass is 19.2. The molecule has 2 fully saturated rings. The van der Waals surface area contributed by atoms with Crippen molar-refractivity contribution in [2.24, 2.45) is 10.2 Å². The van der Waals surface area contributed by atoms with E-state index in [4.69, 9.17) is 0 Å². The number of nitrogens with zero attached hydrogens (tertiary/aromatic N) is 4. The van der Waals surface area contributed by atoms with Crippen molar-refractivity contribution in [3.63, 3.8) is 0 Å². The zero-order valence-corrected chi connectivity index (χ0v) is 14.5. The lowest BCUT2D eigenvalue weighted by Crippen LogP contribution is -2.37. The summed E-state index contributed by atoms with van der Waals surface area (Å²) >= 11 is 0. The summed E-state index contributed by atoms with van der Waals surface area (Å²) in [5.41, 5.74) is 0.523. The zero-order valence-electron chi connectivity index (χ0n) is 14.5. The number of hydrogen-bond acceptors (Lipinski definition) is 2. The maximum atomic E-state index is 13.6. The van der Waals surface area contributed by atoms with Crippen LogP contribution < -0.4 is 0 Å². The molecule has 0 N–H and O–H groups in total. The van der Waals surface area contributed by atoms with E-state index in [-0.39, 0.29) is 0 Å². The number of rotatable bonds is 1. The highest BCUT2D eigenvalue weighted by Crippen LogP contribution is 2.32. The second kappa shape index (κ2) is 8.33. The summed E-state index contributed by atoms with van der Waals surface area (Å²) in [5.74, 6) is -1.86. The standard InChI is InChI=1S/C18H22F2N4O2/c19-14-8-7-13(12-15(14)20)16-6-2-5-11-24(16)18(26)22-21-17(25)23-9-3-1-4-10-23/h7-8,12,16H,1-6,9-11H2. The van der Waals surface area contributed by atoms with Crippen molar-refractivity contribution >= 4 is 12.1 Å². The number of likely N-dealkylation sites (tertiary alicyclic amines) is 2. The molecule has 2 aliphatic rings. The Morgan fingerprint density at radius 3 is 2.31 bits per heavy atom. The molecule has 0 bridgehead atoms. The fourth-order valence-corrected chi connectivity index (χ4v) is 3.52. The molecule has 0 saturated carbocycles. The molecule has 4 amide bonds. The summed E-state index contributed by atoms with van der Waals surface area (Å²) in [5, 5.41) is 7.16. The van der Waals surface area contributed by atoms with Gasteiger partial charge in [-0.1, -0.05) is 16.3 Å². The molecule has 0 aromatic heterocycles. The molecular formula is C18H22F2N4O2. The van der Waals surface area contributed by atoms with Crippen molar-refractivity contribution in [1.82, 2.24) is 9.80 Å². The van der Waals surface area contributed by atoms with Gasteiger partial charge in [0.05, 0.1) is 6.04 Å². The lowest BCUT2D eigenvalue weighted by Gasteiger charge is -2.34. The Labute approximate surface area is 150 Å². The number of piperidine rings is 2. The van der Waals surface area contributed by atoms with Gasteiger partial charge in [-0.15, -0.1) is 0 Å². The first-order valence-electron chi connectivity index (χ1n) is 9.02. The molecule has 1 unspecified atom stereocenters. The molecule has 1 aromatic carbocycles. The Morgan fingerprint density at radius 1 is 0.885 bits per heavy atom. The normalized spacial score (nSPS) is 21.2. The summed E-state index contributed by atoms with van der Waals surface area (Å²) in [6.07, 6.45) is 5.24. The molecule has 1 atom stereocenters. The molecule has 0 radical (unpaired) electrons. The maximum Gasteiger partial charge on any atom is 0.362 e. The number of benzene rings is 1. The van der Waals surface area contributed by atoms with Gasteiger partial charge in [0.1, 0.15) is 0 Å². The van der Waals surface area contributed by atoms with Crippen molar-refractivity contribution in [2.45, 2.75) is 44.6 Å². The predicted octanol–water partition coefficient (Wildman–Crippen LogP) is 4.67. The van der Waals surface area contributed by atoms with Gasteiger partial charge in [-0.05, 0) is 56.2 Å². The average molecular weight is 364 g/mol. The third-order valence-electron chi connectivity index (χ3n) is 4.92. The van der Waals surface area contributed by atoms with E-state index in [0.717, 1.165) is 44.2 Å². The van der Waals surface area contributed by atoms with E-state index in [1.165, 1.54) is 11.0 Å². The van der Waals surface area contributed by atoms with Crippen molar-refractivity contribution in [3.8, 4) is 0 Å². The van der Waals surface area contributed by atoms with E-state index in [2.05, 4.69) is 10.2 Å². The Morgan fingerprint density at radius 2 is 1.58 bits per heavy atom. The smallest absolute Gasteiger partial charge is 0.322 e. The minimum absolute atomic E-state index is 0.393. The van der Waals surface area contributed by atoms with E-state index in [1.54, 1.807) is 4.90 Å². The summed E-state index contributed by atoms with van der Waals surface area (Å²) in [6.45, 7) is 1.71. The van der Waals surface area contributed by atoms with Crippen LogP contribution in [0, 0.1) is 11.6 Å². The van der Waals surface area contributed by atoms with Gasteiger partial charge in [-0.2, -0.15) is 0 Å². The highest BCUT2D eigenvalue weighted by Gasteiger charge is 2.29. The molecule has 2 heterocycles. The van der Waals surface area contributed by atoms with Crippen LogP contribution in [0.4, 0.5) is 18.4 Å². The number of amides is 4. The Balaban J connectivity index is 1.70. The Kier molecular flexibility index (Phi) is 5.90. The first-order chi connectivity index (χ1) is 12.6. The van der Waals surface area contributed by atoms with Crippen LogP contribution in [0.2, 0.25) is 0 Å². The number of urea groups is 2. The molecule has 1 aromatic rings. The van der Waals surface area contributed by atoms with Crippen LogP contribution in [-0.4, -0.2) is 41.5 Å². The van der Waals surface area contributed by atoms with Crippen LogP contribution in [0.15, 0.2) is 28.4 Å². The van der Waals surface area contributed by atoms with Crippen molar-refractivity contribution < 1.29 is 18.4 Å². The first kappa shape index (κ1) is 18.4. The maximum absolute atomic E-state index is 13.6. The average Bonchev–Trinajstić information content (AvgIpc) is 2.68. The minimum Gasteiger partial charge on any atom is -0.322 e. The van der Waals surface area contributed by atoms with Crippen LogP contribution in [0.3, 0.4) is 0 Å². The van der Waals surface area contributed by atoms with Gasteiger partial charge in [-0.3, -0.25) is 0 Å². The Bertz CT molecular complexity index is 704. The van der Waals surface area contributed by atoms with E-state index in [9.17, 15) is 18.4 Å². The number of azo groups is 1. The number of carbonyl (C=O) groups is 2. The van der Waals surface area contributed by atoms with Gasteiger partial charge >= 0.3 is 12.1 Å². The van der Waals surface area contributed by atoms with Crippen LogP contribution >= 0.6 is 0 Å². The molecule has 0 aliphatic carbocycles. The van der Waals surface area contributed by atoms with E-state index < -0.39 is 29.7 Å². The predicted molar refractivity (Wildman–Crippen MR) is 90.7 cm³/mol. The molecule has 6 nitrogen and oxygen atoms in total. The van der Waals surface area contributed by atoms with Crippen LogP contribution in [0.25, 0.3) is 0 Å². The lowest BCUT2D eigenvalue weighted by atomic mass is 9.95. The van der Waals surface area contributed by atoms with Crippen molar-refractivity contribution in [1.29, 1.82) is 0 Å². The lowest BCUT2D eigenvalue weighted by molar-refractivity contribution is 0.157. The van der Waals surface area contributed by atoms with Crippen molar-refractivity contribution in [2.75, 3.05) is 19.6 Å². The zero-order chi connectivity index (χ0) is 18.5. The van der Waals surface area contributed by atoms with Gasteiger partial charge < -0.3 is 9.80 Å². The Hall–Kier alpha value is -2.38. The fourth-order valence-electron chi connectivity index (χ4n) is 3.52. The second-order valence-electron chi connectivity index (χ2n) is 6.69. The summed E-state index contributed by atoms with van der Waals surface area (Å²) in [4.78, 5) is 27.5. The monoisotopic (exact) mass is 364 g/mol. The molecule has 26 heavy (non-hydrogen) atoms. The highest BCUT2D eigenvalue weighted by molar-refractivity contribution is 5.80. The van der Waals surface area contributed by atoms with Crippen LogP contribution in [0.1, 0.15) is 50.1 Å². The van der Waals surface area contributed by atoms with Gasteiger partial charge in [0, 0.05) is 19.6 Å². The topological polar surface area (TPSA) is 65.3 Å². The molecular weight excluding hydrogens is 342 g/mol. The molecule has 8 heteroatoms. The molecule has 2 aliphatic heterocycles. The molecule has 3 rings (SSSR count). The van der Waals surface area contributed by atoms with Gasteiger partial charge in [0.2, 0.25) is 0 Å². The van der Waals surface area contributed by atoms with Gasteiger partial charge in [0.25, 0.3) is 0 Å². The van der Waals surface area contributed by atoms with Crippen LogP contribution in [0.5, 0.6) is 0 Å². The van der Waals surface area contributed by atoms with Gasteiger partial charge in [0.15, 0.2) is 11.6 Å². The summed E-state index contributed by atoms with van der Waals surface area (Å²) in [7, 11) is 0. The van der Waals surface area contributed by atoms with E-state index in [0.29, 0.717) is 31.6 Å². The van der Waals surface area contributed by atoms with Gasteiger partial charge in [-0.25, -0.2) is 18.4 Å². The third-order valence-corrected chi connectivity index (χ3v) is 4.92. The quantitative estimate of drug-likeness (QED) is 0.680. The molecule has 140 valence electrons. The fraction of sp³-hybridized carbons (Fsp3) is 0.556. The molecule has 0 spiro atoms. The van der Waals surface area contributed by atoms with Crippen molar-refractivity contribution in [3.05, 3.63) is 35.4 Å². The minimum atomic E-state index is -0.942. The first-order valence-corrected chi connectivity index (χ1v) is 9.02. The second-order valence-corrected chi connectivity index (χ2v) is 6.69. The van der Waals surface area contributed by atoms with E-state index in [1.807, 2.05) is 0 Å². The number of hydrogen-bond donors (Lipinski definition) is 0. The molecule has 2 saturated heterocycles. The van der Waals surface area contributed by atoms with Crippen LogP contribution in [-0.2, 0) is 0 Å². The van der Waals surface area contributed by atoms with E-state index >= 15 is 0 Å².